The maximum atomic E-state index is 12.8. The molecule has 0 bridgehead atoms. The monoisotopic (exact) mass is 395 g/mol. The van der Waals surface area contributed by atoms with Gasteiger partial charge >= 0.3 is 12.4 Å². The molecule has 2 aromatic rings. The molecule has 2 rings (SSSR count). The minimum atomic E-state index is -4.93. The second-order valence-electron chi connectivity index (χ2n) is 5.43. The first-order chi connectivity index (χ1) is 12.0. The van der Waals surface area contributed by atoms with Crippen LogP contribution in [0.5, 0.6) is 0 Å². The maximum Gasteiger partial charge on any atom is 0.416 e. The number of nitrogens with one attached hydrogen (secondary N) is 1. The smallest absolute Gasteiger partial charge is 0.348 e. The van der Waals surface area contributed by atoms with E-state index in [0.29, 0.717) is 12.1 Å². The van der Waals surface area contributed by atoms with Crippen molar-refractivity contribution in [1.29, 1.82) is 0 Å². The Morgan fingerprint density at radius 2 is 1.35 bits per heavy atom. The molecule has 0 saturated carbocycles. The summed E-state index contributed by atoms with van der Waals surface area (Å²) in [5.41, 5.74) is -2.19. The van der Waals surface area contributed by atoms with E-state index in [1.54, 1.807) is 12.1 Å². The van der Waals surface area contributed by atoms with Crippen LogP contribution >= 0.6 is 11.6 Å². The summed E-state index contributed by atoms with van der Waals surface area (Å²) in [5.74, 6) is -0.385. The van der Waals surface area contributed by atoms with Gasteiger partial charge in [-0.15, -0.1) is 11.6 Å². The molecular formula is C17H12ClF6NO. The fourth-order valence-electron chi connectivity index (χ4n) is 2.15. The van der Waals surface area contributed by atoms with Crippen LogP contribution in [0.4, 0.5) is 26.3 Å². The number of benzene rings is 2. The number of hydrogen-bond donors (Lipinski definition) is 1. The molecule has 0 aromatic heterocycles. The molecule has 2 nitrogen and oxygen atoms in total. The molecule has 0 spiro atoms. The van der Waals surface area contributed by atoms with Gasteiger partial charge in [-0.25, -0.2) is 0 Å². The fraction of sp³-hybridized carbons (Fsp3) is 0.235. The standard InChI is InChI=1S/C17H12ClF6NO/c18-8-10-1-3-12(4-2-10)15(26)25-9-11-5-13(16(19,20)21)7-14(6-11)17(22,23)24/h1-7H,8-9H2,(H,25,26). The predicted octanol–water partition coefficient (Wildman–Crippen LogP) is 5.39. The first-order valence-electron chi connectivity index (χ1n) is 7.22. The molecule has 0 atom stereocenters. The van der Waals surface area contributed by atoms with Crippen molar-refractivity contribution in [2.45, 2.75) is 24.8 Å². The van der Waals surface area contributed by atoms with Crippen LogP contribution in [0.3, 0.4) is 0 Å². The Bertz CT molecular complexity index is 751. The van der Waals surface area contributed by atoms with Gasteiger partial charge in [0.2, 0.25) is 0 Å². The van der Waals surface area contributed by atoms with Crippen molar-refractivity contribution in [3.05, 3.63) is 70.3 Å². The van der Waals surface area contributed by atoms with Gasteiger partial charge in [0.05, 0.1) is 11.1 Å². The summed E-state index contributed by atoms with van der Waals surface area (Å²) < 4.78 is 76.8. The van der Waals surface area contributed by atoms with E-state index in [9.17, 15) is 31.1 Å². The lowest BCUT2D eigenvalue weighted by molar-refractivity contribution is -0.143. The zero-order valence-electron chi connectivity index (χ0n) is 13.0. The van der Waals surface area contributed by atoms with Gasteiger partial charge in [0.15, 0.2) is 0 Å². The number of hydrogen-bond acceptors (Lipinski definition) is 1. The van der Waals surface area contributed by atoms with Gasteiger partial charge in [0, 0.05) is 18.0 Å². The van der Waals surface area contributed by atoms with Crippen LogP contribution in [0.15, 0.2) is 42.5 Å². The molecule has 0 radical (unpaired) electrons. The highest BCUT2D eigenvalue weighted by Gasteiger charge is 2.36. The van der Waals surface area contributed by atoms with Crippen molar-refractivity contribution in [3.63, 3.8) is 0 Å². The molecular weight excluding hydrogens is 384 g/mol. The van der Waals surface area contributed by atoms with E-state index in [1.165, 1.54) is 12.1 Å². The minimum Gasteiger partial charge on any atom is -0.348 e. The summed E-state index contributed by atoms with van der Waals surface area (Å²) in [6.45, 7) is -0.483. The highest BCUT2D eigenvalue weighted by molar-refractivity contribution is 6.17. The van der Waals surface area contributed by atoms with Gasteiger partial charge in [-0.1, -0.05) is 12.1 Å². The van der Waals surface area contributed by atoms with Crippen LogP contribution in [-0.2, 0) is 24.8 Å². The van der Waals surface area contributed by atoms with Crippen molar-refractivity contribution in [1.82, 2.24) is 5.32 Å². The normalized spacial score (nSPS) is 12.1. The van der Waals surface area contributed by atoms with Gasteiger partial charge in [-0.05, 0) is 41.5 Å². The molecule has 0 aliphatic heterocycles. The highest BCUT2D eigenvalue weighted by Crippen LogP contribution is 2.36. The number of amides is 1. The molecule has 0 saturated heterocycles. The van der Waals surface area contributed by atoms with Crippen molar-refractivity contribution < 1.29 is 31.1 Å². The molecule has 0 unspecified atom stereocenters. The number of carbonyl (C=O) groups is 1. The second-order valence-corrected chi connectivity index (χ2v) is 5.69. The Hall–Kier alpha value is -2.22. The Labute approximate surface area is 149 Å². The Balaban J connectivity index is 2.21. The molecule has 9 heteroatoms. The maximum absolute atomic E-state index is 12.8. The number of carbonyl (C=O) groups excluding carboxylic acids is 1. The van der Waals surface area contributed by atoms with Gasteiger partial charge in [-0.3, -0.25) is 4.79 Å². The summed E-state index contributed by atoms with van der Waals surface area (Å²) in [7, 11) is 0. The third-order valence-corrected chi connectivity index (χ3v) is 3.78. The average Bonchev–Trinajstić information content (AvgIpc) is 2.58. The zero-order chi connectivity index (χ0) is 19.5. The fourth-order valence-corrected chi connectivity index (χ4v) is 2.33. The Morgan fingerprint density at radius 1 is 0.846 bits per heavy atom. The molecule has 26 heavy (non-hydrogen) atoms. The summed E-state index contributed by atoms with van der Waals surface area (Å²) in [6, 6.07) is 7.29. The van der Waals surface area contributed by atoms with E-state index in [1.807, 2.05) is 0 Å². The average molecular weight is 396 g/mol. The van der Waals surface area contributed by atoms with E-state index in [-0.39, 0.29) is 23.1 Å². The van der Waals surface area contributed by atoms with Crippen LogP contribution in [0, 0.1) is 0 Å². The Morgan fingerprint density at radius 3 is 1.77 bits per heavy atom. The van der Waals surface area contributed by atoms with E-state index >= 15 is 0 Å². The summed E-state index contributed by atoms with van der Waals surface area (Å²) in [4.78, 5) is 12.0. The summed E-state index contributed by atoms with van der Waals surface area (Å²) >= 11 is 5.62. The summed E-state index contributed by atoms with van der Waals surface area (Å²) in [6.07, 6.45) is -9.87. The van der Waals surface area contributed by atoms with Crippen LogP contribution in [0.25, 0.3) is 0 Å². The lowest BCUT2D eigenvalue weighted by Gasteiger charge is -2.14. The number of alkyl halides is 7. The number of halogens is 7. The third kappa shape index (κ3) is 5.14. The van der Waals surface area contributed by atoms with Gasteiger partial charge in [0.25, 0.3) is 5.91 Å². The molecule has 0 fully saturated rings. The van der Waals surface area contributed by atoms with E-state index in [2.05, 4.69) is 5.32 Å². The molecule has 1 amide bonds. The van der Waals surface area contributed by atoms with E-state index in [4.69, 9.17) is 11.6 Å². The van der Waals surface area contributed by atoms with Crippen LogP contribution < -0.4 is 5.32 Å². The predicted molar refractivity (Wildman–Crippen MR) is 83.6 cm³/mol. The van der Waals surface area contributed by atoms with Crippen molar-refractivity contribution in [3.8, 4) is 0 Å². The number of rotatable bonds is 4. The third-order valence-electron chi connectivity index (χ3n) is 3.47. The van der Waals surface area contributed by atoms with E-state index in [0.717, 1.165) is 5.56 Å². The first kappa shape index (κ1) is 20.1. The topological polar surface area (TPSA) is 29.1 Å². The van der Waals surface area contributed by atoms with E-state index < -0.39 is 35.9 Å². The summed E-state index contributed by atoms with van der Waals surface area (Å²) in [5, 5.41) is 2.30. The quantitative estimate of drug-likeness (QED) is 0.545. The van der Waals surface area contributed by atoms with Gasteiger partial charge in [-0.2, -0.15) is 26.3 Å². The molecule has 0 heterocycles. The largest absolute Gasteiger partial charge is 0.416 e. The van der Waals surface area contributed by atoms with Crippen LogP contribution in [0.1, 0.15) is 32.6 Å². The van der Waals surface area contributed by atoms with Crippen molar-refractivity contribution >= 4 is 17.5 Å². The molecule has 2 aromatic carbocycles. The van der Waals surface area contributed by atoms with Gasteiger partial charge < -0.3 is 5.32 Å². The molecule has 0 aliphatic carbocycles. The molecule has 140 valence electrons. The zero-order valence-corrected chi connectivity index (χ0v) is 13.8. The Kier molecular flexibility index (Phi) is 5.85. The minimum absolute atomic E-state index is 0.0379. The lowest BCUT2D eigenvalue weighted by atomic mass is 10.0. The highest BCUT2D eigenvalue weighted by atomic mass is 35.5. The van der Waals surface area contributed by atoms with Crippen LogP contribution in [-0.4, -0.2) is 5.91 Å². The first-order valence-corrected chi connectivity index (χ1v) is 7.75. The van der Waals surface area contributed by atoms with Crippen molar-refractivity contribution in [2.75, 3.05) is 0 Å². The molecule has 1 N–H and O–H groups in total. The second kappa shape index (κ2) is 7.57. The molecule has 0 aliphatic rings. The lowest BCUT2D eigenvalue weighted by Crippen LogP contribution is -2.23. The van der Waals surface area contributed by atoms with Gasteiger partial charge in [0.1, 0.15) is 0 Å². The van der Waals surface area contributed by atoms with Crippen LogP contribution in [0.2, 0.25) is 0 Å². The van der Waals surface area contributed by atoms with Crippen molar-refractivity contribution in [2.24, 2.45) is 0 Å². The SMILES string of the molecule is O=C(NCc1cc(C(F)(F)F)cc(C(F)(F)F)c1)c1ccc(CCl)cc1.